The highest BCUT2D eigenvalue weighted by Crippen LogP contribution is 2.38. The lowest BCUT2D eigenvalue weighted by molar-refractivity contribution is -0.137. The van der Waals surface area contributed by atoms with Gasteiger partial charge in [-0.1, -0.05) is 12.1 Å². The molecule has 4 nitrogen and oxygen atoms in total. The van der Waals surface area contributed by atoms with Crippen molar-refractivity contribution < 1.29 is 22.6 Å². The molecule has 1 aliphatic heterocycles. The van der Waals surface area contributed by atoms with Gasteiger partial charge in [0.15, 0.2) is 11.5 Å². The highest BCUT2D eigenvalue weighted by atomic mass is 32.1. The number of fused-ring (bicyclic) bond motifs is 2. The zero-order valence-electron chi connectivity index (χ0n) is 13.0. The van der Waals surface area contributed by atoms with Gasteiger partial charge in [-0.15, -0.1) is 11.3 Å². The van der Waals surface area contributed by atoms with Gasteiger partial charge >= 0.3 is 6.18 Å². The molecule has 0 bridgehead atoms. The average Bonchev–Trinajstić information content (AvgIpc) is 3.24. The van der Waals surface area contributed by atoms with Crippen molar-refractivity contribution in [2.75, 3.05) is 6.79 Å². The maximum absolute atomic E-state index is 12.8. The Balaban J connectivity index is 1.78. The van der Waals surface area contributed by atoms with Crippen LogP contribution in [0.25, 0.3) is 21.9 Å². The van der Waals surface area contributed by atoms with Crippen LogP contribution in [-0.2, 0) is 6.18 Å². The van der Waals surface area contributed by atoms with Gasteiger partial charge in [-0.3, -0.25) is 0 Å². The van der Waals surface area contributed by atoms with E-state index >= 15 is 0 Å². The minimum atomic E-state index is -4.44. The summed E-state index contributed by atoms with van der Waals surface area (Å²) >= 11 is 1.16. The second kappa shape index (κ2) is 6.04. The number of nitrogens with zero attached hydrogens (tertiary/aromatic N) is 2. The van der Waals surface area contributed by atoms with Gasteiger partial charge in [-0.25, -0.2) is 4.98 Å². The van der Waals surface area contributed by atoms with Crippen LogP contribution in [-0.4, -0.2) is 11.8 Å². The van der Waals surface area contributed by atoms with E-state index in [-0.39, 0.29) is 17.9 Å². The van der Waals surface area contributed by atoms with Crippen LogP contribution in [0.5, 0.6) is 11.5 Å². The Labute approximate surface area is 149 Å². The second-order valence-corrected chi connectivity index (χ2v) is 6.48. The fraction of sp³-hybridized carbons (Fsp3) is 0.111. The van der Waals surface area contributed by atoms with Crippen LogP contribution in [0.1, 0.15) is 16.1 Å². The summed E-state index contributed by atoms with van der Waals surface area (Å²) in [4.78, 5) is 4.20. The molecule has 0 spiro atoms. The maximum atomic E-state index is 12.8. The van der Waals surface area contributed by atoms with E-state index in [1.54, 1.807) is 24.3 Å². The van der Waals surface area contributed by atoms with Gasteiger partial charge in [0.05, 0.1) is 21.4 Å². The molecule has 0 amide bonds. The van der Waals surface area contributed by atoms with Crippen LogP contribution in [0.4, 0.5) is 13.2 Å². The standard InChI is InChI=1S/C18H9F3N2O2S/c19-18(20,21)12-4-5-15-13(7-12)23-17(26-15)11(8-22)6-10-2-1-3-14-16(10)25-9-24-14/h1-7H,9H2/b11-6+. The SMILES string of the molecule is N#C/C(=C\c1cccc2c1OCO2)c1nc2cc(C(F)(F)F)ccc2s1. The molecule has 2 aromatic carbocycles. The molecule has 0 atom stereocenters. The number of aromatic nitrogens is 1. The fourth-order valence-electron chi connectivity index (χ4n) is 2.58. The Kier molecular flexibility index (Phi) is 3.81. The molecule has 8 heteroatoms. The summed E-state index contributed by atoms with van der Waals surface area (Å²) < 4.78 is 49.8. The number of alkyl halides is 3. The number of thiazole rings is 1. The first-order valence-corrected chi connectivity index (χ1v) is 8.26. The van der Waals surface area contributed by atoms with E-state index < -0.39 is 11.7 Å². The molecule has 1 aromatic heterocycles. The molecule has 2 heterocycles. The monoisotopic (exact) mass is 374 g/mol. The van der Waals surface area contributed by atoms with Gasteiger partial charge in [0, 0.05) is 5.56 Å². The molecule has 3 aromatic rings. The number of hydrogen-bond acceptors (Lipinski definition) is 5. The largest absolute Gasteiger partial charge is 0.454 e. The quantitative estimate of drug-likeness (QED) is 0.585. The molecule has 0 aliphatic carbocycles. The molecular weight excluding hydrogens is 365 g/mol. The topological polar surface area (TPSA) is 55.1 Å². The predicted octanol–water partition coefficient (Wildman–Crippen LogP) is 5.11. The lowest BCUT2D eigenvalue weighted by atomic mass is 10.1. The predicted molar refractivity (Wildman–Crippen MR) is 90.7 cm³/mol. The molecule has 4 rings (SSSR count). The van der Waals surface area contributed by atoms with Crippen LogP contribution in [0.3, 0.4) is 0 Å². The fourth-order valence-corrected chi connectivity index (χ4v) is 3.49. The van der Waals surface area contributed by atoms with Crippen molar-refractivity contribution in [2.45, 2.75) is 6.18 Å². The van der Waals surface area contributed by atoms with Crippen LogP contribution < -0.4 is 9.47 Å². The van der Waals surface area contributed by atoms with Gasteiger partial charge < -0.3 is 9.47 Å². The molecule has 130 valence electrons. The van der Waals surface area contributed by atoms with E-state index in [4.69, 9.17) is 9.47 Å². The van der Waals surface area contributed by atoms with Crippen molar-refractivity contribution >= 4 is 33.2 Å². The second-order valence-electron chi connectivity index (χ2n) is 5.45. The number of hydrogen-bond donors (Lipinski definition) is 0. The molecule has 1 aliphatic rings. The smallest absolute Gasteiger partial charge is 0.416 e. The van der Waals surface area contributed by atoms with Crippen LogP contribution in [0.2, 0.25) is 0 Å². The number of halogens is 3. The maximum Gasteiger partial charge on any atom is 0.416 e. The van der Waals surface area contributed by atoms with Crippen molar-refractivity contribution in [3.63, 3.8) is 0 Å². The Hall–Kier alpha value is -3.05. The van der Waals surface area contributed by atoms with E-state index in [2.05, 4.69) is 11.1 Å². The van der Waals surface area contributed by atoms with Gasteiger partial charge in [-0.2, -0.15) is 18.4 Å². The highest BCUT2D eigenvalue weighted by Gasteiger charge is 2.31. The van der Waals surface area contributed by atoms with Gasteiger partial charge in [-0.05, 0) is 30.3 Å². The first-order valence-electron chi connectivity index (χ1n) is 7.44. The summed E-state index contributed by atoms with van der Waals surface area (Å²) in [6.45, 7) is 0.101. The third-order valence-electron chi connectivity index (χ3n) is 3.79. The summed E-state index contributed by atoms with van der Waals surface area (Å²) in [7, 11) is 0. The van der Waals surface area contributed by atoms with Crippen molar-refractivity contribution in [3.05, 3.63) is 52.5 Å². The van der Waals surface area contributed by atoms with Crippen molar-refractivity contribution in [2.24, 2.45) is 0 Å². The third-order valence-corrected chi connectivity index (χ3v) is 4.86. The Morgan fingerprint density at radius 3 is 2.85 bits per heavy atom. The van der Waals surface area contributed by atoms with Gasteiger partial charge in [0.25, 0.3) is 0 Å². The number of para-hydroxylation sites is 1. The zero-order chi connectivity index (χ0) is 18.3. The molecule has 0 unspecified atom stereocenters. The molecule has 0 saturated carbocycles. The minimum absolute atomic E-state index is 0.101. The minimum Gasteiger partial charge on any atom is -0.454 e. The third kappa shape index (κ3) is 2.86. The van der Waals surface area contributed by atoms with Gasteiger partial charge in [0.2, 0.25) is 6.79 Å². The van der Waals surface area contributed by atoms with Crippen LogP contribution >= 0.6 is 11.3 Å². The van der Waals surface area contributed by atoms with Gasteiger partial charge in [0.1, 0.15) is 11.1 Å². The van der Waals surface area contributed by atoms with Crippen molar-refractivity contribution in [3.8, 4) is 17.6 Å². The number of ether oxygens (including phenoxy) is 2. The zero-order valence-corrected chi connectivity index (χ0v) is 13.8. The van der Waals surface area contributed by atoms with Crippen molar-refractivity contribution in [1.29, 1.82) is 5.26 Å². The Bertz CT molecular complexity index is 1080. The average molecular weight is 374 g/mol. The van der Waals surface area contributed by atoms with E-state index in [0.29, 0.717) is 26.8 Å². The lowest BCUT2D eigenvalue weighted by Gasteiger charge is -2.04. The van der Waals surface area contributed by atoms with E-state index in [0.717, 1.165) is 23.5 Å². The van der Waals surface area contributed by atoms with E-state index in [1.165, 1.54) is 6.07 Å². The summed E-state index contributed by atoms with van der Waals surface area (Å²) in [6, 6.07) is 10.7. The number of rotatable bonds is 2. The molecule has 0 radical (unpaired) electrons. The summed E-state index contributed by atoms with van der Waals surface area (Å²) in [5, 5.41) is 9.84. The first kappa shape index (κ1) is 16.4. The van der Waals surface area contributed by atoms with Crippen LogP contribution in [0, 0.1) is 11.3 Å². The Morgan fingerprint density at radius 2 is 2.08 bits per heavy atom. The molecule has 0 saturated heterocycles. The number of allylic oxidation sites excluding steroid dienone is 1. The summed E-state index contributed by atoms with van der Waals surface area (Å²) in [5.41, 5.74) is 0.324. The highest BCUT2D eigenvalue weighted by molar-refractivity contribution is 7.19. The summed E-state index contributed by atoms with van der Waals surface area (Å²) in [5.74, 6) is 1.11. The molecule has 0 N–H and O–H groups in total. The molecular formula is C18H9F3N2O2S. The molecule has 26 heavy (non-hydrogen) atoms. The number of nitriles is 1. The number of benzene rings is 2. The van der Waals surface area contributed by atoms with Crippen LogP contribution in [0.15, 0.2) is 36.4 Å². The van der Waals surface area contributed by atoms with E-state index in [9.17, 15) is 18.4 Å². The lowest BCUT2D eigenvalue weighted by Crippen LogP contribution is -2.03. The first-order chi connectivity index (χ1) is 12.5. The van der Waals surface area contributed by atoms with E-state index in [1.807, 2.05) is 0 Å². The summed E-state index contributed by atoms with van der Waals surface area (Å²) in [6.07, 6.45) is -2.84. The van der Waals surface area contributed by atoms with Crippen molar-refractivity contribution in [1.82, 2.24) is 4.98 Å². The normalized spacial score (nSPS) is 13.8. The molecule has 0 fully saturated rings. The Morgan fingerprint density at radius 1 is 1.23 bits per heavy atom.